The van der Waals surface area contributed by atoms with Crippen LogP contribution in [0.15, 0.2) is 57.7 Å². The second-order valence-electron chi connectivity index (χ2n) is 6.52. The fraction of sp³-hybridized carbons (Fsp3) is 0.300. The fourth-order valence-electron chi connectivity index (χ4n) is 3.12. The number of aromatic nitrogens is 1. The second kappa shape index (κ2) is 6.71. The lowest BCUT2D eigenvalue weighted by atomic mass is 10.2. The van der Waals surface area contributed by atoms with E-state index in [9.17, 15) is 9.59 Å². The molecule has 1 saturated carbocycles. The van der Waals surface area contributed by atoms with Gasteiger partial charge in [-0.3, -0.25) is 9.36 Å². The molecule has 0 unspecified atom stereocenters. The third kappa shape index (κ3) is 3.22. The van der Waals surface area contributed by atoms with E-state index in [1.54, 1.807) is 25.3 Å². The highest BCUT2D eigenvalue weighted by Gasteiger charge is 2.33. The Hall–Kier alpha value is -3.02. The highest BCUT2D eigenvalue weighted by molar-refractivity contribution is 5.80. The molecule has 134 valence electrons. The molecule has 1 fully saturated rings. The molecule has 6 heteroatoms. The zero-order chi connectivity index (χ0) is 18.1. The summed E-state index contributed by atoms with van der Waals surface area (Å²) in [5.41, 5.74) is 2.18. The van der Waals surface area contributed by atoms with Gasteiger partial charge in [-0.1, -0.05) is 24.3 Å². The standard InChI is InChI=1S/C20H20N2O4/c1-25-16-10-6-14(7-11-16)12-21(15-8-9-15)19(23)13-22-17-4-2-3-5-18(17)26-20(22)24/h2-7,10-11,15H,8-9,12-13H2,1H3. The maximum Gasteiger partial charge on any atom is 0.420 e. The molecular formula is C20H20N2O4. The van der Waals surface area contributed by atoms with E-state index in [2.05, 4.69) is 0 Å². The zero-order valence-corrected chi connectivity index (χ0v) is 14.6. The van der Waals surface area contributed by atoms with Crippen LogP contribution in [0, 0.1) is 0 Å². The van der Waals surface area contributed by atoms with Crippen molar-refractivity contribution < 1.29 is 13.9 Å². The summed E-state index contributed by atoms with van der Waals surface area (Å²) in [6, 6.07) is 15.1. The third-order valence-electron chi connectivity index (χ3n) is 4.69. The number of carbonyl (C=O) groups is 1. The summed E-state index contributed by atoms with van der Waals surface area (Å²) in [6.45, 7) is 0.514. The maximum absolute atomic E-state index is 12.9. The zero-order valence-electron chi connectivity index (χ0n) is 14.6. The predicted molar refractivity (Wildman–Crippen MR) is 97.0 cm³/mol. The Morgan fingerprint density at radius 1 is 1.19 bits per heavy atom. The Morgan fingerprint density at radius 2 is 1.92 bits per heavy atom. The van der Waals surface area contributed by atoms with Crippen LogP contribution < -0.4 is 10.5 Å². The number of methoxy groups -OCH3 is 1. The Labute approximate surface area is 150 Å². The van der Waals surface area contributed by atoms with Crippen molar-refractivity contribution in [3.05, 3.63) is 64.6 Å². The normalized spacial score (nSPS) is 13.7. The van der Waals surface area contributed by atoms with Gasteiger partial charge in [-0.15, -0.1) is 0 Å². The number of hydrogen-bond donors (Lipinski definition) is 0. The minimum Gasteiger partial charge on any atom is -0.497 e. The molecule has 3 aromatic rings. The molecule has 26 heavy (non-hydrogen) atoms. The van der Waals surface area contributed by atoms with Crippen molar-refractivity contribution in [3.8, 4) is 5.75 Å². The van der Waals surface area contributed by atoms with E-state index in [4.69, 9.17) is 9.15 Å². The van der Waals surface area contributed by atoms with Crippen LogP contribution in [0.25, 0.3) is 11.1 Å². The largest absolute Gasteiger partial charge is 0.497 e. The molecule has 1 aliphatic rings. The number of oxazole rings is 1. The molecular weight excluding hydrogens is 332 g/mol. The first-order valence-electron chi connectivity index (χ1n) is 8.66. The predicted octanol–water partition coefficient (Wildman–Crippen LogP) is 2.79. The van der Waals surface area contributed by atoms with Crippen LogP contribution >= 0.6 is 0 Å². The number of rotatable bonds is 6. The molecule has 2 aromatic carbocycles. The maximum atomic E-state index is 12.9. The minimum atomic E-state index is -0.500. The van der Waals surface area contributed by atoms with Crippen LogP contribution in [0.5, 0.6) is 5.75 Å². The number of amides is 1. The molecule has 0 saturated heterocycles. The van der Waals surface area contributed by atoms with Crippen molar-refractivity contribution in [3.63, 3.8) is 0 Å². The van der Waals surface area contributed by atoms with Gasteiger partial charge in [-0.05, 0) is 42.7 Å². The Bertz CT molecular complexity index is 983. The number of benzene rings is 2. The molecule has 1 heterocycles. The Balaban J connectivity index is 1.55. The molecule has 0 radical (unpaired) electrons. The van der Waals surface area contributed by atoms with Crippen LogP contribution in [-0.4, -0.2) is 28.5 Å². The van der Waals surface area contributed by atoms with Gasteiger partial charge in [0.05, 0.1) is 12.6 Å². The van der Waals surface area contributed by atoms with Gasteiger partial charge >= 0.3 is 5.76 Å². The van der Waals surface area contributed by atoms with Crippen LogP contribution in [0.3, 0.4) is 0 Å². The molecule has 0 spiro atoms. The van der Waals surface area contributed by atoms with Gasteiger partial charge in [0.2, 0.25) is 5.91 Å². The number of ether oxygens (including phenoxy) is 1. The van der Waals surface area contributed by atoms with Gasteiger partial charge in [0.15, 0.2) is 5.58 Å². The van der Waals surface area contributed by atoms with Crippen LogP contribution in [0.1, 0.15) is 18.4 Å². The van der Waals surface area contributed by atoms with E-state index in [1.165, 1.54) is 4.57 Å². The van der Waals surface area contributed by atoms with Gasteiger partial charge in [0, 0.05) is 12.6 Å². The molecule has 0 atom stereocenters. The highest BCUT2D eigenvalue weighted by Crippen LogP contribution is 2.29. The van der Waals surface area contributed by atoms with Crippen molar-refractivity contribution >= 4 is 17.0 Å². The first-order chi connectivity index (χ1) is 12.7. The molecule has 1 aliphatic carbocycles. The molecule has 1 amide bonds. The van der Waals surface area contributed by atoms with Gasteiger partial charge < -0.3 is 14.1 Å². The number of nitrogens with zero attached hydrogens (tertiary/aromatic N) is 2. The summed E-state index contributed by atoms with van der Waals surface area (Å²) in [4.78, 5) is 26.9. The molecule has 4 rings (SSSR count). The fourth-order valence-corrected chi connectivity index (χ4v) is 3.12. The van der Waals surface area contributed by atoms with E-state index in [-0.39, 0.29) is 18.5 Å². The highest BCUT2D eigenvalue weighted by atomic mass is 16.5. The topological polar surface area (TPSA) is 64.7 Å². The van der Waals surface area contributed by atoms with Gasteiger partial charge in [0.1, 0.15) is 12.3 Å². The molecule has 6 nitrogen and oxygen atoms in total. The summed E-state index contributed by atoms with van der Waals surface area (Å²) in [7, 11) is 1.63. The van der Waals surface area contributed by atoms with Crippen molar-refractivity contribution in [2.24, 2.45) is 0 Å². The smallest absolute Gasteiger partial charge is 0.420 e. The van der Waals surface area contributed by atoms with Gasteiger partial charge in [0.25, 0.3) is 0 Å². The summed E-state index contributed by atoms with van der Waals surface area (Å²) in [5, 5.41) is 0. The third-order valence-corrected chi connectivity index (χ3v) is 4.69. The lowest BCUT2D eigenvalue weighted by Crippen LogP contribution is -2.36. The Morgan fingerprint density at radius 3 is 2.62 bits per heavy atom. The SMILES string of the molecule is COc1ccc(CN(C(=O)Cn2c(=O)oc3ccccc32)C2CC2)cc1. The minimum absolute atomic E-state index is 0.0114. The average molecular weight is 352 g/mol. The van der Waals surface area contributed by atoms with Crippen molar-refractivity contribution in [1.82, 2.24) is 9.47 Å². The van der Waals surface area contributed by atoms with E-state index in [0.717, 1.165) is 24.2 Å². The molecule has 0 N–H and O–H groups in total. The van der Waals surface area contributed by atoms with E-state index in [1.807, 2.05) is 35.2 Å². The molecule has 0 aliphatic heterocycles. The van der Waals surface area contributed by atoms with Gasteiger partial charge in [-0.25, -0.2) is 4.79 Å². The lowest BCUT2D eigenvalue weighted by molar-refractivity contribution is -0.133. The Kier molecular flexibility index (Phi) is 4.24. The van der Waals surface area contributed by atoms with E-state index >= 15 is 0 Å². The monoisotopic (exact) mass is 352 g/mol. The number of hydrogen-bond acceptors (Lipinski definition) is 4. The van der Waals surface area contributed by atoms with Crippen molar-refractivity contribution in [2.75, 3.05) is 7.11 Å². The summed E-state index contributed by atoms with van der Waals surface area (Å²) in [6.07, 6.45) is 2.01. The van der Waals surface area contributed by atoms with E-state index < -0.39 is 5.76 Å². The number of fused-ring (bicyclic) bond motifs is 1. The van der Waals surface area contributed by atoms with Gasteiger partial charge in [-0.2, -0.15) is 0 Å². The van der Waals surface area contributed by atoms with Crippen molar-refractivity contribution in [2.45, 2.75) is 32.0 Å². The summed E-state index contributed by atoms with van der Waals surface area (Å²) >= 11 is 0. The molecule has 0 bridgehead atoms. The van der Waals surface area contributed by atoms with Crippen molar-refractivity contribution in [1.29, 1.82) is 0 Å². The summed E-state index contributed by atoms with van der Waals surface area (Å²) < 4.78 is 11.8. The second-order valence-corrected chi connectivity index (χ2v) is 6.52. The number of para-hydroxylation sites is 2. The first-order valence-corrected chi connectivity index (χ1v) is 8.66. The average Bonchev–Trinajstić information content (AvgIpc) is 3.45. The molecule has 1 aromatic heterocycles. The van der Waals surface area contributed by atoms with Crippen LogP contribution in [-0.2, 0) is 17.9 Å². The first kappa shape index (κ1) is 16.4. The number of carbonyl (C=O) groups excluding carboxylic acids is 1. The summed E-state index contributed by atoms with van der Waals surface area (Å²) in [5.74, 6) is 0.214. The van der Waals surface area contributed by atoms with E-state index in [0.29, 0.717) is 17.6 Å². The lowest BCUT2D eigenvalue weighted by Gasteiger charge is -2.23. The quantitative estimate of drug-likeness (QED) is 0.684. The van der Waals surface area contributed by atoms with Crippen LogP contribution in [0.4, 0.5) is 0 Å². The van der Waals surface area contributed by atoms with Crippen LogP contribution in [0.2, 0.25) is 0 Å².